The highest BCUT2D eigenvalue weighted by molar-refractivity contribution is 5.91. The lowest BCUT2D eigenvalue weighted by Crippen LogP contribution is -2.28. The molecule has 0 radical (unpaired) electrons. The maximum Gasteiger partial charge on any atom is 0.273 e. The Morgan fingerprint density at radius 1 is 1.92 bits per heavy atom. The van der Waals surface area contributed by atoms with Crippen LogP contribution in [-0.4, -0.2) is 27.9 Å². The molecule has 1 heterocycles. The molecule has 1 aromatic rings. The second kappa shape index (κ2) is 4.21. The van der Waals surface area contributed by atoms with Gasteiger partial charge < -0.3 is 5.32 Å². The minimum Gasteiger partial charge on any atom is -0.349 e. The maximum absolute atomic E-state index is 11.2. The van der Waals surface area contributed by atoms with E-state index in [0.29, 0.717) is 6.54 Å². The summed E-state index contributed by atoms with van der Waals surface area (Å²) in [5.41, 5.74) is 0.227. The summed E-state index contributed by atoms with van der Waals surface area (Å²) in [6.07, 6.45) is 1.33. The van der Waals surface area contributed by atoms with E-state index in [1.54, 1.807) is 6.92 Å². The number of aromatic nitrogens is 3. The standard InChI is InChI=1S/C7H9N5O/c1-5(2-8)3-9-7(13)6-4-10-12-11-6/h4-5H,3H2,1H3,(H,9,13)(H,10,11,12). The molecular weight excluding hydrogens is 170 g/mol. The quantitative estimate of drug-likeness (QED) is 0.665. The van der Waals surface area contributed by atoms with Gasteiger partial charge in [0.05, 0.1) is 18.2 Å². The fourth-order valence-electron chi connectivity index (χ4n) is 0.693. The van der Waals surface area contributed by atoms with Crippen molar-refractivity contribution in [2.24, 2.45) is 5.92 Å². The molecule has 0 saturated heterocycles. The first-order valence-electron chi connectivity index (χ1n) is 3.77. The molecule has 0 fully saturated rings. The van der Waals surface area contributed by atoms with Crippen LogP contribution in [0.3, 0.4) is 0 Å². The molecule has 0 spiro atoms. The third kappa shape index (κ3) is 2.56. The van der Waals surface area contributed by atoms with Crippen LogP contribution in [0.15, 0.2) is 6.20 Å². The summed E-state index contributed by atoms with van der Waals surface area (Å²) < 4.78 is 0. The fraction of sp³-hybridized carbons (Fsp3) is 0.429. The number of nitriles is 1. The number of nitrogens with zero attached hydrogens (tertiary/aromatic N) is 3. The van der Waals surface area contributed by atoms with Crippen molar-refractivity contribution in [3.05, 3.63) is 11.9 Å². The normalized spacial score (nSPS) is 11.7. The molecule has 0 aliphatic carbocycles. The lowest BCUT2D eigenvalue weighted by Gasteiger charge is -2.02. The van der Waals surface area contributed by atoms with Gasteiger partial charge in [0, 0.05) is 6.54 Å². The third-order valence-electron chi connectivity index (χ3n) is 1.44. The lowest BCUT2D eigenvalue weighted by molar-refractivity contribution is 0.0945. The largest absolute Gasteiger partial charge is 0.349 e. The number of carbonyl (C=O) groups excluding carboxylic acids is 1. The first kappa shape index (κ1) is 9.19. The van der Waals surface area contributed by atoms with Crippen LogP contribution in [0.4, 0.5) is 0 Å². The highest BCUT2D eigenvalue weighted by Crippen LogP contribution is 1.91. The highest BCUT2D eigenvalue weighted by atomic mass is 16.1. The van der Waals surface area contributed by atoms with Gasteiger partial charge in [0.15, 0.2) is 5.69 Å². The predicted molar refractivity (Wildman–Crippen MR) is 43.5 cm³/mol. The van der Waals surface area contributed by atoms with Crippen LogP contribution < -0.4 is 5.32 Å². The summed E-state index contributed by atoms with van der Waals surface area (Å²) in [6.45, 7) is 2.05. The summed E-state index contributed by atoms with van der Waals surface area (Å²) in [6, 6.07) is 2.01. The van der Waals surface area contributed by atoms with Crippen molar-refractivity contribution in [2.75, 3.05) is 6.54 Å². The van der Waals surface area contributed by atoms with Crippen LogP contribution in [0.25, 0.3) is 0 Å². The van der Waals surface area contributed by atoms with Crippen molar-refractivity contribution in [1.29, 1.82) is 5.26 Å². The number of carbonyl (C=O) groups is 1. The van der Waals surface area contributed by atoms with Gasteiger partial charge in [0.1, 0.15) is 0 Å². The lowest BCUT2D eigenvalue weighted by atomic mass is 10.2. The van der Waals surface area contributed by atoms with Gasteiger partial charge in [-0.1, -0.05) is 0 Å². The number of nitrogens with one attached hydrogen (secondary N) is 2. The molecule has 0 aromatic carbocycles. The first-order chi connectivity index (χ1) is 6.24. The molecule has 1 atom stereocenters. The van der Waals surface area contributed by atoms with Gasteiger partial charge in [0.25, 0.3) is 5.91 Å². The van der Waals surface area contributed by atoms with Crippen molar-refractivity contribution in [1.82, 2.24) is 20.7 Å². The minimum atomic E-state index is -0.323. The average Bonchev–Trinajstić information content (AvgIpc) is 2.66. The number of hydrogen-bond donors (Lipinski definition) is 2. The van der Waals surface area contributed by atoms with Crippen molar-refractivity contribution in [3.63, 3.8) is 0 Å². The molecule has 0 bridgehead atoms. The van der Waals surface area contributed by atoms with E-state index in [9.17, 15) is 4.79 Å². The van der Waals surface area contributed by atoms with Gasteiger partial charge >= 0.3 is 0 Å². The second-order valence-electron chi connectivity index (χ2n) is 2.60. The van der Waals surface area contributed by atoms with Gasteiger partial charge in [-0.3, -0.25) is 4.79 Å². The highest BCUT2D eigenvalue weighted by Gasteiger charge is 2.08. The van der Waals surface area contributed by atoms with E-state index in [1.165, 1.54) is 6.20 Å². The number of hydrogen-bond acceptors (Lipinski definition) is 4. The van der Waals surface area contributed by atoms with Gasteiger partial charge in [-0.15, -0.1) is 0 Å². The molecule has 13 heavy (non-hydrogen) atoms. The van der Waals surface area contributed by atoms with Crippen LogP contribution in [0.2, 0.25) is 0 Å². The number of aromatic amines is 1. The summed E-state index contributed by atoms with van der Waals surface area (Å²) in [4.78, 5) is 11.2. The average molecular weight is 179 g/mol. The van der Waals surface area contributed by atoms with E-state index in [1.807, 2.05) is 6.07 Å². The molecule has 2 N–H and O–H groups in total. The summed E-state index contributed by atoms with van der Waals surface area (Å²) in [5.74, 6) is -0.522. The Balaban J connectivity index is 2.40. The van der Waals surface area contributed by atoms with E-state index in [0.717, 1.165) is 0 Å². The Hall–Kier alpha value is -1.90. The monoisotopic (exact) mass is 179 g/mol. The number of amides is 1. The molecule has 0 aliphatic heterocycles. The van der Waals surface area contributed by atoms with Gasteiger partial charge in [-0.2, -0.15) is 20.7 Å². The van der Waals surface area contributed by atoms with E-state index >= 15 is 0 Å². The van der Waals surface area contributed by atoms with Crippen LogP contribution in [-0.2, 0) is 0 Å². The molecule has 0 aliphatic rings. The van der Waals surface area contributed by atoms with E-state index < -0.39 is 0 Å². The Morgan fingerprint density at radius 3 is 3.23 bits per heavy atom. The Bertz CT molecular complexity index is 312. The Morgan fingerprint density at radius 2 is 2.69 bits per heavy atom. The second-order valence-corrected chi connectivity index (χ2v) is 2.60. The molecule has 1 amide bonds. The zero-order chi connectivity index (χ0) is 9.68. The van der Waals surface area contributed by atoms with Crippen molar-refractivity contribution in [3.8, 4) is 6.07 Å². The summed E-state index contributed by atoms with van der Waals surface area (Å²) >= 11 is 0. The van der Waals surface area contributed by atoms with E-state index in [2.05, 4.69) is 20.7 Å². The number of H-pyrrole nitrogens is 1. The summed E-state index contributed by atoms with van der Waals surface area (Å²) in [7, 11) is 0. The SMILES string of the molecule is CC(C#N)CNC(=O)c1cn[nH]n1. The smallest absolute Gasteiger partial charge is 0.273 e. The van der Waals surface area contributed by atoms with Gasteiger partial charge in [-0.25, -0.2) is 0 Å². The van der Waals surface area contributed by atoms with Crippen molar-refractivity contribution < 1.29 is 4.79 Å². The van der Waals surface area contributed by atoms with E-state index in [-0.39, 0.29) is 17.5 Å². The molecule has 68 valence electrons. The molecule has 1 unspecified atom stereocenters. The minimum absolute atomic E-state index is 0.198. The van der Waals surface area contributed by atoms with Crippen LogP contribution in [0.5, 0.6) is 0 Å². The third-order valence-corrected chi connectivity index (χ3v) is 1.44. The molecule has 6 heteroatoms. The molecule has 1 rings (SSSR count). The van der Waals surface area contributed by atoms with Crippen LogP contribution >= 0.6 is 0 Å². The number of rotatable bonds is 3. The molecule has 0 saturated carbocycles. The van der Waals surface area contributed by atoms with E-state index in [4.69, 9.17) is 5.26 Å². The van der Waals surface area contributed by atoms with Crippen molar-refractivity contribution in [2.45, 2.75) is 6.92 Å². The topological polar surface area (TPSA) is 94.5 Å². The van der Waals surface area contributed by atoms with Gasteiger partial charge in [-0.05, 0) is 6.92 Å². The Labute approximate surface area is 74.9 Å². The molecular formula is C7H9N5O. The zero-order valence-electron chi connectivity index (χ0n) is 7.11. The summed E-state index contributed by atoms with van der Waals surface area (Å²) in [5, 5.41) is 20.4. The Kier molecular flexibility index (Phi) is 2.97. The fourth-order valence-corrected chi connectivity index (χ4v) is 0.693. The van der Waals surface area contributed by atoms with Crippen molar-refractivity contribution >= 4 is 5.91 Å². The zero-order valence-corrected chi connectivity index (χ0v) is 7.11. The predicted octanol–water partition coefficient (Wildman–Crippen LogP) is -0.306. The maximum atomic E-state index is 11.2. The molecule has 1 aromatic heterocycles. The van der Waals surface area contributed by atoms with Crippen LogP contribution in [0, 0.1) is 17.2 Å². The first-order valence-corrected chi connectivity index (χ1v) is 3.77. The molecule has 6 nitrogen and oxygen atoms in total. The van der Waals surface area contributed by atoms with Gasteiger partial charge in [0.2, 0.25) is 0 Å². The van der Waals surface area contributed by atoms with Crippen LogP contribution in [0.1, 0.15) is 17.4 Å².